The molecular formula is C36H39N5O7. The molecule has 2 aromatic heterocycles. The molecule has 5 aromatic rings. The molecule has 6 rings (SSSR count). The number of ether oxygens (including phenoxy) is 5. The molecule has 12 nitrogen and oxygen atoms in total. The van der Waals surface area contributed by atoms with E-state index in [1.807, 2.05) is 78.9 Å². The average Bonchev–Trinajstić information content (AvgIpc) is 3.71. The molecule has 3 atom stereocenters. The number of aromatic nitrogens is 4. The van der Waals surface area contributed by atoms with Gasteiger partial charge in [0.1, 0.15) is 29.4 Å². The summed E-state index contributed by atoms with van der Waals surface area (Å²) in [6.07, 6.45) is -0.366. The smallest absolute Gasteiger partial charge is 0.246 e. The Bertz CT molecular complexity index is 1800. The van der Waals surface area contributed by atoms with E-state index in [0.29, 0.717) is 22.7 Å². The second-order valence-electron chi connectivity index (χ2n) is 11.8. The molecule has 1 aliphatic rings. The number of methoxy groups -OCH3 is 3. The highest BCUT2D eigenvalue weighted by Gasteiger charge is 2.42. The van der Waals surface area contributed by atoms with E-state index in [1.165, 1.54) is 7.11 Å². The summed E-state index contributed by atoms with van der Waals surface area (Å²) >= 11 is 0. The van der Waals surface area contributed by atoms with Crippen LogP contribution in [0.2, 0.25) is 0 Å². The van der Waals surface area contributed by atoms with Crippen LogP contribution >= 0.6 is 0 Å². The Morgan fingerprint density at radius 3 is 2.08 bits per heavy atom. The molecule has 12 heteroatoms. The molecule has 1 aliphatic heterocycles. The lowest BCUT2D eigenvalue weighted by Gasteiger charge is -2.37. The number of hydrogen-bond acceptors (Lipinski definition) is 10. The molecule has 0 spiro atoms. The first-order valence-electron chi connectivity index (χ1n) is 15.7. The predicted octanol–water partition coefficient (Wildman–Crippen LogP) is 5.10. The maximum absolute atomic E-state index is 12.4. The highest BCUT2D eigenvalue weighted by molar-refractivity contribution is 5.91. The van der Waals surface area contributed by atoms with Gasteiger partial charge in [0.05, 0.1) is 40.4 Å². The molecule has 2 N–H and O–H groups in total. The van der Waals surface area contributed by atoms with Crippen LogP contribution in [0.25, 0.3) is 11.2 Å². The van der Waals surface area contributed by atoms with Gasteiger partial charge in [0.25, 0.3) is 0 Å². The van der Waals surface area contributed by atoms with Crippen LogP contribution in [0.3, 0.4) is 0 Å². The van der Waals surface area contributed by atoms with Crippen molar-refractivity contribution < 1.29 is 33.6 Å². The third-order valence-corrected chi connectivity index (χ3v) is 8.49. The van der Waals surface area contributed by atoms with Crippen LogP contribution in [0.1, 0.15) is 43.2 Å². The maximum Gasteiger partial charge on any atom is 0.246 e. The summed E-state index contributed by atoms with van der Waals surface area (Å²) in [4.78, 5) is 25.7. The summed E-state index contributed by atoms with van der Waals surface area (Å²) in [5.74, 6) is 1.23. The summed E-state index contributed by atoms with van der Waals surface area (Å²) in [5.41, 5.74) is 2.35. The van der Waals surface area contributed by atoms with Gasteiger partial charge >= 0.3 is 0 Å². The number of nitrogens with one attached hydrogen (secondary N) is 1. The number of fused-ring (bicyclic) bond motifs is 1. The number of aliphatic hydroxyl groups is 1. The lowest BCUT2D eigenvalue weighted by Crippen LogP contribution is -2.38. The normalized spacial score (nSPS) is 17.9. The average molecular weight is 654 g/mol. The largest absolute Gasteiger partial charge is 0.497 e. The summed E-state index contributed by atoms with van der Waals surface area (Å²) in [6.45, 7) is 3.60. The quantitative estimate of drug-likeness (QED) is 0.175. The van der Waals surface area contributed by atoms with Crippen LogP contribution < -0.4 is 19.5 Å². The standard InChI is InChI=1S/C36H39N5O7/c1-22(2)33(43)39-35-38-32-31(34(40-35)46-5)37-21-41(32)30-19-28(42)29(48-30)20-47-36(23-9-7-6-8-10-23,24-11-15-26(44-3)16-12-24)25-13-17-27(45-4)18-14-25/h6-18,21-22,28-30,42H,19-20H2,1-5H3,(H,38,39,40,43)/t28-,29+,30+/m0/s1. The molecule has 1 fully saturated rings. The van der Waals surface area contributed by atoms with E-state index < -0.39 is 24.0 Å². The zero-order valence-electron chi connectivity index (χ0n) is 27.5. The molecule has 0 radical (unpaired) electrons. The first-order valence-corrected chi connectivity index (χ1v) is 15.7. The Hall–Kier alpha value is -5.04. The molecule has 0 unspecified atom stereocenters. The van der Waals surface area contributed by atoms with Crippen molar-refractivity contribution in [2.24, 2.45) is 5.92 Å². The van der Waals surface area contributed by atoms with Crippen LogP contribution in [0, 0.1) is 5.92 Å². The van der Waals surface area contributed by atoms with Gasteiger partial charge in [-0.1, -0.05) is 68.4 Å². The molecule has 0 saturated carbocycles. The molecule has 3 heterocycles. The monoisotopic (exact) mass is 653 g/mol. The molecule has 250 valence electrons. The van der Waals surface area contributed by atoms with Crippen molar-refractivity contribution in [3.63, 3.8) is 0 Å². The van der Waals surface area contributed by atoms with Crippen molar-refractivity contribution in [3.05, 3.63) is 102 Å². The first kappa shape index (κ1) is 32.9. The number of rotatable bonds is 12. The SMILES string of the molecule is COc1ccc(C(OC[C@H]2O[C@@H](n3cnc4c(OC)nc(NC(=O)C(C)C)nc43)C[C@@H]2O)(c2ccccc2)c2ccc(OC)cc2)cc1. The molecule has 0 aliphatic carbocycles. The molecule has 1 amide bonds. The Labute approximate surface area is 278 Å². The number of imidazole rings is 1. The van der Waals surface area contributed by atoms with Gasteiger partial charge in [0.15, 0.2) is 11.2 Å². The molecule has 48 heavy (non-hydrogen) atoms. The Kier molecular flexibility index (Phi) is 9.58. The fourth-order valence-electron chi connectivity index (χ4n) is 5.87. The topological polar surface area (TPSA) is 139 Å². The molecule has 0 bridgehead atoms. The van der Waals surface area contributed by atoms with Crippen LogP contribution in [-0.4, -0.2) is 70.7 Å². The molecule has 1 saturated heterocycles. The third-order valence-electron chi connectivity index (χ3n) is 8.49. The lowest BCUT2D eigenvalue weighted by atomic mass is 9.80. The minimum absolute atomic E-state index is 0.0469. The van der Waals surface area contributed by atoms with E-state index >= 15 is 0 Å². The van der Waals surface area contributed by atoms with E-state index in [1.54, 1.807) is 39.0 Å². The van der Waals surface area contributed by atoms with Crippen molar-refractivity contribution in [2.45, 2.75) is 44.3 Å². The fraction of sp³-hybridized carbons (Fsp3) is 0.333. The van der Waals surface area contributed by atoms with Crippen molar-refractivity contribution in [3.8, 4) is 17.4 Å². The van der Waals surface area contributed by atoms with Gasteiger partial charge < -0.3 is 28.8 Å². The van der Waals surface area contributed by atoms with Crippen molar-refractivity contribution in [1.29, 1.82) is 0 Å². The minimum Gasteiger partial charge on any atom is -0.497 e. The Morgan fingerprint density at radius 2 is 1.52 bits per heavy atom. The number of carbonyl (C=O) groups excluding carboxylic acids is 1. The van der Waals surface area contributed by atoms with Crippen LogP contribution in [0.4, 0.5) is 5.95 Å². The summed E-state index contributed by atoms with van der Waals surface area (Å²) in [5, 5.41) is 14.0. The summed E-state index contributed by atoms with van der Waals surface area (Å²) in [6, 6.07) is 25.4. The van der Waals surface area contributed by atoms with E-state index in [2.05, 4.69) is 20.3 Å². The molecular weight excluding hydrogens is 614 g/mol. The van der Waals surface area contributed by atoms with E-state index in [9.17, 15) is 9.90 Å². The Morgan fingerprint density at radius 1 is 0.917 bits per heavy atom. The number of amides is 1. The van der Waals surface area contributed by atoms with Crippen molar-refractivity contribution in [1.82, 2.24) is 19.5 Å². The van der Waals surface area contributed by atoms with Crippen LogP contribution in [0.15, 0.2) is 85.2 Å². The zero-order valence-corrected chi connectivity index (χ0v) is 27.5. The number of anilines is 1. The van der Waals surface area contributed by atoms with Gasteiger partial charge in [-0.15, -0.1) is 0 Å². The second kappa shape index (κ2) is 14.0. The van der Waals surface area contributed by atoms with Crippen LogP contribution in [-0.2, 0) is 19.9 Å². The number of carbonyl (C=O) groups is 1. The van der Waals surface area contributed by atoms with E-state index in [4.69, 9.17) is 23.7 Å². The second-order valence-corrected chi connectivity index (χ2v) is 11.8. The fourth-order valence-corrected chi connectivity index (χ4v) is 5.87. The summed E-state index contributed by atoms with van der Waals surface area (Å²) in [7, 11) is 4.73. The van der Waals surface area contributed by atoms with Gasteiger partial charge in [-0.2, -0.15) is 9.97 Å². The number of hydrogen-bond donors (Lipinski definition) is 2. The van der Waals surface area contributed by atoms with Gasteiger partial charge in [0.2, 0.25) is 17.7 Å². The van der Waals surface area contributed by atoms with Crippen molar-refractivity contribution in [2.75, 3.05) is 33.3 Å². The van der Waals surface area contributed by atoms with Crippen LogP contribution in [0.5, 0.6) is 17.4 Å². The highest BCUT2D eigenvalue weighted by atomic mass is 16.6. The van der Waals surface area contributed by atoms with Gasteiger partial charge in [-0.25, -0.2) is 4.98 Å². The number of benzene rings is 3. The lowest BCUT2D eigenvalue weighted by molar-refractivity contribution is -0.118. The van der Waals surface area contributed by atoms with E-state index in [-0.39, 0.29) is 36.7 Å². The van der Waals surface area contributed by atoms with Gasteiger partial charge in [0, 0.05) is 12.3 Å². The maximum atomic E-state index is 12.4. The number of nitrogens with zero attached hydrogens (tertiary/aromatic N) is 4. The third kappa shape index (κ3) is 6.29. The van der Waals surface area contributed by atoms with Gasteiger partial charge in [-0.05, 0) is 41.0 Å². The summed E-state index contributed by atoms with van der Waals surface area (Å²) < 4.78 is 31.5. The molecule has 3 aromatic carbocycles. The van der Waals surface area contributed by atoms with Crippen molar-refractivity contribution >= 4 is 23.0 Å². The first-order chi connectivity index (χ1) is 23.3. The zero-order chi connectivity index (χ0) is 33.8. The minimum atomic E-state index is -1.08. The van der Waals surface area contributed by atoms with E-state index in [0.717, 1.165) is 16.7 Å². The Balaban J connectivity index is 1.34. The number of aliphatic hydroxyl groups excluding tert-OH is 1. The van der Waals surface area contributed by atoms with Gasteiger partial charge in [-0.3, -0.25) is 14.7 Å². The highest BCUT2D eigenvalue weighted by Crippen LogP contribution is 2.43. The predicted molar refractivity (Wildman–Crippen MR) is 178 cm³/mol.